The van der Waals surface area contributed by atoms with E-state index in [4.69, 9.17) is 11.6 Å². The van der Waals surface area contributed by atoms with E-state index in [0.717, 1.165) is 18.4 Å². The van der Waals surface area contributed by atoms with E-state index < -0.39 is 5.41 Å². The monoisotopic (exact) mass is 320 g/mol. The summed E-state index contributed by atoms with van der Waals surface area (Å²) in [7, 11) is 0. The highest BCUT2D eigenvalue weighted by Gasteiger charge is 2.56. The summed E-state index contributed by atoms with van der Waals surface area (Å²) >= 11 is 5.84. The lowest BCUT2D eigenvalue weighted by atomic mass is 10.0. The molecule has 0 spiro atoms. The van der Waals surface area contributed by atoms with E-state index in [1.807, 2.05) is 12.1 Å². The molecule has 2 aliphatic rings. The molecule has 1 aromatic carbocycles. The first kappa shape index (κ1) is 15.3. The molecule has 0 radical (unpaired) electrons. The fourth-order valence-electron chi connectivity index (χ4n) is 3.03. The number of halogens is 1. The Kier molecular flexibility index (Phi) is 4.39. The van der Waals surface area contributed by atoms with Gasteiger partial charge in [-0.15, -0.1) is 0 Å². The number of hydrogen-bond acceptors (Lipinski definition) is 2. The predicted molar refractivity (Wildman–Crippen MR) is 85.4 cm³/mol. The molecule has 2 saturated carbocycles. The summed E-state index contributed by atoms with van der Waals surface area (Å²) in [6.45, 7) is 0.425. The Hall–Kier alpha value is -1.55. The van der Waals surface area contributed by atoms with Crippen LogP contribution in [0, 0.1) is 5.41 Å². The van der Waals surface area contributed by atoms with Crippen LogP contribution in [0.2, 0.25) is 5.02 Å². The number of hydrogen-bond donors (Lipinski definition) is 2. The first-order valence-corrected chi connectivity index (χ1v) is 8.32. The van der Waals surface area contributed by atoms with Crippen molar-refractivity contribution < 1.29 is 9.59 Å². The van der Waals surface area contributed by atoms with Gasteiger partial charge in [0.15, 0.2) is 0 Å². The van der Waals surface area contributed by atoms with Crippen molar-refractivity contribution in [2.24, 2.45) is 5.41 Å². The fraction of sp³-hybridized carbons (Fsp3) is 0.529. The van der Waals surface area contributed by atoms with Crippen molar-refractivity contribution in [1.82, 2.24) is 10.6 Å². The summed E-state index contributed by atoms with van der Waals surface area (Å²) in [5.41, 5.74) is 0.152. The van der Waals surface area contributed by atoms with Crippen molar-refractivity contribution >= 4 is 23.4 Å². The number of rotatable bonds is 5. The van der Waals surface area contributed by atoms with E-state index >= 15 is 0 Å². The van der Waals surface area contributed by atoms with Crippen LogP contribution in [0.5, 0.6) is 0 Å². The molecule has 0 saturated heterocycles. The van der Waals surface area contributed by atoms with E-state index in [0.29, 0.717) is 24.4 Å². The van der Waals surface area contributed by atoms with Gasteiger partial charge in [0, 0.05) is 17.6 Å². The molecule has 2 aliphatic carbocycles. The summed E-state index contributed by atoms with van der Waals surface area (Å²) < 4.78 is 0. The van der Waals surface area contributed by atoms with Crippen molar-refractivity contribution in [3.63, 3.8) is 0 Å². The summed E-state index contributed by atoms with van der Waals surface area (Å²) in [5, 5.41) is 6.61. The molecule has 4 nitrogen and oxygen atoms in total. The molecule has 0 aliphatic heterocycles. The van der Waals surface area contributed by atoms with Crippen LogP contribution in [0.4, 0.5) is 0 Å². The molecule has 2 fully saturated rings. The van der Waals surface area contributed by atoms with Crippen LogP contribution in [-0.4, -0.2) is 17.9 Å². The molecule has 5 heteroatoms. The van der Waals surface area contributed by atoms with Crippen molar-refractivity contribution in [2.75, 3.05) is 0 Å². The SMILES string of the molecule is O=C(NCc1ccc(Cl)cc1)C1(C(=O)NC2CCCC2)CC1. The van der Waals surface area contributed by atoms with Gasteiger partial charge in [-0.1, -0.05) is 36.6 Å². The second-order valence-corrected chi connectivity index (χ2v) is 6.78. The summed E-state index contributed by atoms with van der Waals surface area (Å²) in [5.74, 6) is -0.244. The Labute approximate surface area is 135 Å². The molecule has 118 valence electrons. The van der Waals surface area contributed by atoms with E-state index in [2.05, 4.69) is 10.6 Å². The third kappa shape index (κ3) is 3.27. The average molecular weight is 321 g/mol. The lowest BCUT2D eigenvalue weighted by molar-refractivity contribution is -0.137. The second-order valence-electron chi connectivity index (χ2n) is 6.35. The standard InChI is InChI=1S/C17H21ClN2O2/c18-13-7-5-12(6-8-13)11-19-15(21)17(9-10-17)16(22)20-14-3-1-2-4-14/h5-8,14H,1-4,9-11H2,(H,19,21)(H,20,22). The zero-order chi connectivity index (χ0) is 15.6. The number of carbonyl (C=O) groups excluding carboxylic acids is 2. The maximum absolute atomic E-state index is 12.4. The zero-order valence-corrected chi connectivity index (χ0v) is 13.3. The average Bonchev–Trinajstić information content (AvgIpc) is 3.19. The molecule has 0 unspecified atom stereocenters. The first-order chi connectivity index (χ1) is 10.6. The van der Waals surface area contributed by atoms with Gasteiger partial charge in [0.25, 0.3) is 0 Å². The van der Waals surface area contributed by atoms with Gasteiger partial charge in [0.05, 0.1) is 0 Å². The van der Waals surface area contributed by atoms with Gasteiger partial charge in [-0.2, -0.15) is 0 Å². The number of benzene rings is 1. The lowest BCUT2D eigenvalue weighted by Crippen LogP contribution is -2.45. The van der Waals surface area contributed by atoms with Gasteiger partial charge in [-0.05, 0) is 43.4 Å². The molecular formula is C17H21ClN2O2. The van der Waals surface area contributed by atoms with Gasteiger partial charge in [0.2, 0.25) is 11.8 Å². The van der Waals surface area contributed by atoms with Crippen LogP contribution in [0.25, 0.3) is 0 Å². The Bertz CT molecular complexity index is 561. The number of nitrogens with one attached hydrogen (secondary N) is 2. The fourth-order valence-corrected chi connectivity index (χ4v) is 3.16. The maximum Gasteiger partial charge on any atom is 0.235 e. The van der Waals surface area contributed by atoms with Crippen molar-refractivity contribution in [3.05, 3.63) is 34.9 Å². The summed E-state index contributed by atoms with van der Waals surface area (Å²) in [6, 6.07) is 7.60. The second kappa shape index (κ2) is 6.29. The van der Waals surface area contributed by atoms with Crippen LogP contribution in [-0.2, 0) is 16.1 Å². The Morgan fingerprint density at radius 1 is 1.09 bits per heavy atom. The number of amides is 2. The largest absolute Gasteiger partial charge is 0.352 e. The molecule has 22 heavy (non-hydrogen) atoms. The Balaban J connectivity index is 1.54. The molecule has 2 N–H and O–H groups in total. The normalized spacial score (nSPS) is 19.7. The van der Waals surface area contributed by atoms with Gasteiger partial charge >= 0.3 is 0 Å². The third-order valence-corrected chi connectivity index (χ3v) is 4.93. The Morgan fingerprint density at radius 2 is 1.73 bits per heavy atom. The van der Waals surface area contributed by atoms with Gasteiger partial charge in [0.1, 0.15) is 5.41 Å². The molecule has 2 amide bonds. The van der Waals surface area contributed by atoms with Crippen LogP contribution >= 0.6 is 11.6 Å². The third-order valence-electron chi connectivity index (χ3n) is 4.68. The molecule has 1 aromatic rings. The highest BCUT2D eigenvalue weighted by Crippen LogP contribution is 2.46. The van der Waals surface area contributed by atoms with Gasteiger partial charge in [-0.3, -0.25) is 9.59 Å². The van der Waals surface area contributed by atoms with Gasteiger partial charge < -0.3 is 10.6 Å². The number of carbonyl (C=O) groups is 2. The van der Waals surface area contributed by atoms with E-state index in [9.17, 15) is 9.59 Å². The minimum Gasteiger partial charge on any atom is -0.352 e. The van der Waals surface area contributed by atoms with Gasteiger partial charge in [-0.25, -0.2) is 0 Å². The highest BCUT2D eigenvalue weighted by atomic mass is 35.5. The van der Waals surface area contributed by atoms with Crippen molar-refractivity contribution in [1.29, 1.82) is 0 Å². The molecule has 0 aromatic heterocycles. The van der Waals surface area contributed by atoms with Crippen LogP contribution in [0.15, 0.2) is 24.3 Å². The minimum atomic E-state index is -0.824. The van der Waals surface area contributed by atoms with E-state index in [-0.39, 0.29) is 17.9 Å². The molecule has 0 bridgehead atoms. The lowest BCUT2D eigenvalue weighted by Gasteiger charge is -2.18. The van der Waals surface area contributed by atoms with E-state index in [1.54, 1.807) is 12.1 Å². The molecule has 3 rings (SSSR count). The summed E-state index contributed by atoms with van der Waals surface area (Å²) in [6.07, 6.45) is 5.71. The topological polar surface area (TPSA) is 58.2 Å². The van der Waals surface area contributed by atoms with Crippen LogP contribution in [0.3, 0.4) is 0 Å². The summed E-state index contributed by atoms with van der Waals surface area (Å²) in [4.78, 5) is 24.8. The molecular weight excluding hydrogens is 300 g/mol. The smallest absolute Gasteiger partial charge is 0.235 e. The Morgan fingerprint density at radius 3 is 2.32 bits per heavy atom. The van der Waals surface area contributed by atoms with Crippen molar-refractivity contribution in [2.45, 2.75) is 51.1 Å². The van der Waals surface area contributed by atoms with Crippen molar-refractivity contribution in [3.8, 4) is 0 Å². The molecule has 0 atom stereocenters. The van der Waals surface area contributed by atoms with Crippen LogP contribution < -0.4 is 10.6 Å². The molecule has 0 heterocycles. The highest BCUT2D eigenvalue weighted by molar-refractivity contribution is 6.30. The maximum atomic E-state index is 12.4. The quantitative estimate of drug-likeness (QED) is 0.820. The minimum absolute atomic E-state index is 0.0898. The van der Waals surface area contributed by atoms with E-state index in [1.165, 1.54) is 12.8 Å². The van der Waals surface area contributed by atoms with Crippen LogP contribution in [0.1, 0.15) is 44.1 Å². The zero-order valence-electron chi connectivity index (χ0n) is 12.5. The predicted octanol–water partition coefficient (Wildman–Crippen LogP) is 2.80. The first-order valence-electron chi connectivity index (χ1n) is 7.94.